The van der Waals surface area contributed by atoms with Gasteiger partial charge in [0.2, 0.25) is 5.12 Å². The maximum Gasteiger partial charge on any atom is 0.219 e. The maximum absolute atomic E-state index is 11.9. The molecule has 3 heteroatoms. The predicted octanol–water partition coefficient (Wildman–Crippen LogP) is 4.14. The molecule has 0 saturated carbocycles. The van der Waals surface area contributed by atoms with Crippen molar-refractivity contribution in [3.8, 4) is 0 Å². The van der Waals surface area contributed by atoms with Crippen molar-refractivity contribution in [2.24, 2.45) is 0 Å². The minimum absolute atomic E-state index is 0.0401. The molecule has 0 aromatic heterocycles. The Kier molecular flexibility index (Phi) is 5.39. The molecule has 0 fully saturated rings. The molecule has 0 bridgehead atoms. The largest absolute Gasteiger partial charge is 0.368 e. The van der Waals surface area contributed by atoms with E-state index in [0.717, 1.165) is 21.6 Å². The molecule has 0 aliphatic rings. The van der Waals surface area contributed by atoms with Gasteiger partial charge in [0.25, 0.3) is 0 Å². The number of thioether (sulfide) groups is 1. The summed E-state index contributed by atoms with van der Waals surface area (Å²) in [4.78, 5) is 13.0. The Morgan fingerprint density at radius 3 is 2.30 bits per heavy atom. The topological polar surface area (TPSA) is 26.3 Å². The standard InChI is InChI=1S/C17H18O2S/c1-13-7-6-8-14(2)17(13)20-16(18)12-19-11-15-9-4-3-5-10-15/h3-10H,11-12H2,1-2H3. The van der Waals surface area contributed by atoms with Crippen molar-refractivity contribution in [3.05, 3.63) is 65.2 Å². The fraction of sp³-hybridized carbons (Fsp3) is 0.235. The Bertz CT molecular complexity index is 559. The first kappa shape index (κ1) is 14.8. The zero-order chi connectivity index (χ0) is 14.4. The molecule has 0 atom stereocenters. The van der Waals surface area contributed by atoms with Gasteiger partial charge in [-0.15, -0.1) is 0 Å². The van der Waals surface area contributed by atoms with E-state index >= 15 is 0 Å². The van der Waals surface area contributed by atoms with Gasteiger partial charge < -0.3 is 4.74 Å². The van der Waals surface area contributed by atoms with Crippen LogP contribution >= 0.6 is 11.8 Å². The molecular weight excluding hydrogens is 268 g/mol. The lowest BCUT2D eigenvalue weighted by Gasteiger charge is -2.08. The lowest BCUT2D eigenvalue weighted by atomic mass is 10.2. The van der Waals surface area contributed by atoms with E-state index in [2.05, 4.69) is 0 Å². The van der Waals surface area contributed by atoms with E-state index in [1.165, 1.54) is 11.8 Å². The van der Waals surface area contributed by atoms with Crippen LogP contribution in [0.2, 0.25) is 0 Å². The average molecular weight is 286 g/mol. The molecule has 0 aliphatic heterocycles. The summed E-state index contributed by atoms with van der Waals surface area (Å²) in [6, 6.07) is 15.9. The molecule has 0 unspecified atom stereocenters. The highest BCUT2D eigenvalue weighted by Crippen LogP contribution is 2.26. The monoisotopic (exact) mass is 286 g/mol. The van der Waals surface area contributed by atoms with Crippen molar-refractivity contribution < 1.29 is 9.53 Å². The summed E-state index contributed by atoms with van der Waals surface area (Å²) in [5.41, 5.74) is 3.34. The molecule has 0 N–H and O–H groups in total. The van der Waals surface area contributed by atoms with Crippen LogP contribution in [0.25, 0.3) is 0 Å². The summed E-state index contributed by atoms with van der Waals surface area (Å²) in [5, 5.41) is 0.0401. The van der Waals surface area contributed by atoms with Crippen molar-refractivity contribution in [2.75, 3.05) is 6.61 Å². The van der Waals surface area contributed by atoms with Crippen LogP contribution in [0.4, 0.5) is 0 Å². The Morgan fingerprint density at radius 1 is 1.00 bits per heavy atom. The molecule has 2 rings (SSSR count). The number of aryl methyl sites for hydroxylation is 2. The first-order chi connectivity index (χ1) is 9.66. The zero-order valence-electron chi connectivity index (χ0n) is 11.8. The SMILES string of the molecule is Cc1cccc(C)c1SC(=O)COCc1ccccc1. The lowest BCUT2D eigenvalue weighted by Crippen LogP contribution is -2.05. The minimum Gasteiger partial charge on any atom is -0.368 e. The molecule has 2 nitrogen and oxygen atoms in total. The molecule has 2 aromatic carbocycles. The van der Waals surface area contributed by atoms with Gasteiger partial charge in [0, 0.05) is 4.90 Å². The van der Waals surface area contributed by atoms with E-state index in [4.69, 9.17) is 4.74 Å². The fourth-order valence-corrected chi connectivity index (χ4v) is 2.76. The van der Waals surface area contributed by atoms with Crippen molar-refractivity contribution in [2.45, 2.75) is 25.3 Å². The van der Waals surface area contributed by atoms with Crippen molar-refractivity contribution in [3.63, 3.8) is 0 Å². The van der Waals surface area contributed by atoms with Gasteiger partial charge in [0.1, 0.15) is 6.61 Å². The highest BCUT2D eigenvalue weighted by Gasteiger charge is 2.09. The summed E-state index contributed by atoms with van der Waals surface area (Å²) in [6.45, 7) is 4.65. The van der Waals surface area contributed by atoms with Crippen LogP contribution < -0.4 is 0 Å². The number of ether oxygens (including phenoxy) is 1. The van der Waals surface area contributed by atoms with E-state index in [1.54, 1.807) is 0 Å². The van der Waals surface area contributed by atoms with Crippen molar-refractivity contribution in [1.82, 2.24) is 0 Å². The number of carbonyl (C=O) groups is 1. The van der Waals surface area contributed by atoms with E-state index in [9.17, 15) is 4.79 Å². The van der Waals surface area contributed by atoms with Gasteiger partial charge in [0.15, 0.2) is 0 Å². The Hall–Kier alpha value is -1.58. The second-order valence-corrected chi connectivity index (χ2v) is 5.74. The smallest absolute Gasteiger partial charge is 0.219 e. The van der Waals surface area contributed by atoms with Crippen LogP contribution in [0.15, 0.2) is 53.4 Å². The van der Waals surface area contributed by atoms with Gasteiger partial charge >= 0.3 is 0 Å². The third-order valence-corrected chi connectivity index (χ3v) is 4.15. The number of benzene rings is 2. The summed E-state index contributed by atoms with van der Waals surface area (Å²) >= 11 is 1.27. The van der Waals surface area contributed by atoms with Gasteiger partial charge in [-0.2, -0.15) is 0 Å². The van der Waals surface area contributed by atoms with Crippen LogP contribution in [0.3, 0.4) is 0 Å². The molecule has 0 heterocycles. The quantitative estimate of drug-likeness (QED) is 0.773. The first-order valence-electron chi connectivity index (χ1n) is 6.55. The van der Waals surface area contributed by atoms with Crippen molar-refractivity contribution in [1.29, 1.82) is 0 Å². The predicted molar refractivity (Wildman–Crippen MR) is 82.9 cm³/mol. The number of hydrogen-bond acceptors (Lipinski definition) is 3. The second kappa shape index (κ2) is 7.27. The van der Waals surface area contributed by atoms with Crippen LogP contribution in [0.1, 0.15) is 16.7 Å². The molecule has 2 aromatic rings. The van der Waals surface area contributed by atoms with E-state index in [1.807, 2.05) is 62.4 Å². The van der Waals surface area contributed by atoms with Crippen molar-refractivity contribution >= 4 is 16.9 Å². The summed E-state index contributed by atoms with van der Waals surface area (Å²) in [6.07, 6.45) is 0. The van der Waals surface area contributed by atoms with E-state index in [-0.39, 0.29) is 11.7 Å². The normalized spacial score (nSPS) is 10.5. The van der Waals surface area contributed by atoms with Crippen LogP contribution in [-0.4, -0.2) is 11.7 Å². The highest BCUT2D eigenvalue weighted by molar-refractivity contribution is 8.13. The zero-order valence-corrected chi connectivity index (χ0v) is 12.6. The maximum atomic E-state index is 11.9. The van der Waals surface area contributed by atoms with Gasteiger partial charge in [-0.1, -0.05) is 48.5 Å². The average Bonchev–Trinajstić information content (AvgIpc) is 2.44. The fourth-order valence-electron chi connectivity index (χ4n) is 1.93. The van der Waals surface area contributed by atoms with Crippen LogP contribution in [0.5, 0.6) is 0 Å². The van der Waals surface area contributed by atoms with Crippen LogP contribution in [0, 0.1) is 13.8 Å². The number of hydrogen-bond donors (Lipinski definition) is 0. The third kappa shape index (κ3) is 4.22. The molecule has 104 valence electrons. The molecule has 0 aliphatic carbocycles. The molecule has 0 spiro atoms. The second-order valence-electron chi connectivity index (χ2n) is 4.67. The lowest BCUT2D eigenvalue weighted by molar-refractivity contribution is -0.115. The van der Waals surface area contributed by atoms with Gasteiger partial charge in [0.05, 0.1) is 6.61 Å². The molecule has 0 radical (unpaired) electrons. The van der Waals surface area contributed by atoms with Gasteiger partial charge in [-0.3, -0.25) is 4.79 Å². The highest BCUT2D eigenvalue weighted by atomic mass is 32.2. The Balaban J connectivity index is 1.84. The van der Waals surface area contributed by atoms with Gasteiger partial charge in [-0.05, 0) is 42.3 Å². The molecular formula is C17H18O2S. The summed E-state index contributed by atoms with van der Waals surface area (Å²) in [7, 11) is 0. The molecule has 0 saturated heterocycles. The number of carbonyl (C=O) groups excluding carboxylic acids is 1. The van der Waals surface area contributed by atoms with Crippen LogP contribution in [-0.2, 0) is 16.1 Å². The van der Waals surface area contributed by atoms with E-state index < -0.39 is 0 Å². The van der Waals surface area contributed by atoms with E-state index in [0.29, 0.717) is 6.61 Å². The summed E-state index contributed by atoms with van der Waals surface area (Å²) in [5.74, 6) is 0. The summed E-state index contributed by atoms with van der Waals surface area (Å²) < 4.78 is 5.46. The molecule has 20 heavy (non-hydrogen) atoms. The van der Waals surface area contributed by atoms with Gasteiger partial charge in [-0.25, -0.2) is 0 Å². The third-order valence-electron chi connectivity index (χ3n) is 2.96. The Morgan fingerprint density at radius 2 is 1.65 bits per heavy atom. The number of rotatable bonds is 5. The minimum atomic E-state index is 0.0401. The first-order valence-corrected chi connectivity index (χ1v) is 7.37. The Labute approximate surface area is 124 Å². The molecule has 0 amide bonds.